The van der Waals surface area contributed by atoms with Gasteiger partial charge in [0.2, 0.25) is 5.91 Å². The van der Waals surface area contributed by atoms with Crippen LogP contribution in [0, 0.1) is 0 Å². The van der Waals surface area contributed by atoms with Crippen molar-refractivity contribution in [3.63, 3.8) is 0 Å². The first kappa shape index (κ1) is 12.8. The Balaban J connectivity index is 2.76. The van der Waals surface area contributed by atoms with Crippen LogP contribution in [-0.2, 0) is 4.79 Å². The zero-order valence-corrected chi connectivity index (χ0v) is 10.3. The number of hydrogen-bond acceptors (Lipinski definition) is 2. The number of nitrogens with zero attached hydrogens (tertiary/aromatic N) is 1. The summed E-state index contributed by atoms with van der Waals surface area (Å²) in [7, 11) is 0. The topological polar surface area (TPSA) is 46.3 Å². The van der Waals surface area contributed by atoms with E-state index in [1.165, 1.54) is 0 Å². The lowest BCUT2D eigenvalue weighted by Crippen LogP contribution is -2.29. The Hall–Kier alpha value is -1.25. The molecule has 0 saturated carbocycles. The van der Waals surface area contributed by atoms with Gasteiger partial charge < -0.3 is 10.6 Å². The van der Waals surface area contributed by atoms with E-state index in [-0.39, 0.29) is 5.91 Å². The summed E-state index contributed by atoms with van der Waals surface area (Å²) in [6.45, 7) is 5.76. The number of carbonyl (C=O) groups excluding carboxylic acids is 1. The van der Waals surface area contributed by atoms with Crippen molar-refractivity contribution in [1.29, 1.82) is 0 Å². The molecule has 16 heavy (non-hydrogen) atoms. The van der Waals surface area contributed by atoms with E-state index >= 15 is 0 Å². The van der Waals surface area contributed by atoms with Crippen molar-refractivity contribution in [2.45, 2.75) is 39.5 Å². The molecule has 1 fully saturated rings. The maximum absolute atomic E-state index is 12.2. The van der Waals surface area contributed by atoms with Crippen molar-refractivity contribution in [3.8, 4) is 0 Å². The van der Waals surface area contributed by atoms with Crippen molar-refractivity contribution < 1.29 is 4.79 Å². The van der Waals surface area contributed by atoms with Crippen LogP contribution in [0.3, 0.4) is 0 Å². The molecule has 1 heterocycles. The van der Waals surface area contributed by atoms with Crippen LogP contribution in [-0.4, -0.2) is 23.9 Å². The van der Waals surface area contributed by atoms with Crippen LogP contribution in [0.25, 0.3) is 0 Å². The Morgan fingerprint density at radius 3 is 2.50 bits per heavy atom. The van der Waals surface area contributed by atoms with Crippen LogP contribution in [0.15, 0.2) is 23.4 Å². The van der Waals surface area contributed by atoms with E-state index in [1.807, 2.05) is 24.0 Å². The maximum Gasteiger partial charge on any atom is 0.249 e. The molecule has 1 rings (SSSR count). The predicted molar refractivity (Wildman–Crippen MR) is 66.7 cm³/mol. The molecule has 0 unspecified atom stereocenters. The maximum atomic E-state index is 12.2. The monoisotopic (exact) mass is 222 g/mol. The Morgan fingerprint density at radius 2 is 2.00 bits per heavy atom. The van der Waals surface area contributed by atoms with Crippen LogP contribution < -0.4 is 5.73 Å². The van der Waals surface area contributed by atoms with Gasteiger partial charge >= 0.3 is 0 Å². The Morgan fingerprint density at radius 1 is 1.38 bits per heavy atom. The van der Waals surface area contributed by atoms with Crippen LogP contribution in [0.1, 0.15) is 39.5 Å². The van der Waals surface area contributed by atoms with Crippen molar-refractivity contribution in [2.24, 2.45) is 5.73 Å². The minimum Gasteiger partial charge on any atom is -0.399 e. The third-order valence-corrected chi connectivity index (χ3v) is 2.86. The fraction of sp³-hybridized carbons (Fsp3) is 0.615. The lowest BCUT2D eigenvalue weighted by molar-refractivity contribution is -0.126. The van der Waals surface area contributed by atoms with Crippen molar-refractivity contribution in [2.75, 3.05) is 13.1 Å². The van der Waals surface area contributed by atoms with Gasteiger partial charge in [0.15, 0.2) is 0 Å². The third-order valence-electron chi connectivity index (χ3n) is 2.86. The number of amides is 1. The molecule has 0 bridgehead atoms. The molecule has 1 aliphatic heterocycles. The van der Waals surface area contributed by atoms with Crippen LogP contribution >= 0.6 is 0 Å². The molecular formula is C13H22N2O. The summed E-state index contributed by atoms with van der Waals surface area (Å²) in [5.74, 6) is 0.171. The molecule has 2 N–H and O–H groups in total. The van der Waals surface area contributed by atoms with E-state index < -0.39 is 0 Å². The summed E-state index contributed by atoms with van der Waals surface area (Å²) >= 11 is 0. The Bertz CT molecular complexity index is 299. The quantitative estimate of drug-likeness (QED) is 0.585. The molecule has 0 aliphatic carbocycles. The molecule has 0 aromatic rings. The standard InChI is InChI=1S/C13H22N2O/c1-3-7-11(10-12(14)4-2)13(16)15-8-5-6-9-15/h4,10H,3,5-9,14H2,1-2H3/b11-10+,12-4+. The second-order valence-electron chi connectivity index (χ2n) is 4.21. The minimum atomic E-state index is 0.171. The number of nitrogens with two attached hydrogens (primary N) is 1. The molecule has 90 valence electrons. The van der Waals surface area contributed by atoms with Crippen molar-refractivity contribution in [3.05, 3.63) is 23.4 Å². The van der Waals surface area contributed by atoms with Crippen molar-refractivity contribution >= 4 is 5.91 Å². The number of rotatable bonds is 4. The average Bonchev–Trinajstić information content (AvgIpc) is 2.80. The van der Waals surface area contributed by atoms with Gasteiger partial charge in [0.1, 0.15) is 0 Å². The van der Waals surface area contributed by atoms with Crippen LogP contribution in [0.4, 0.5) is 0 Å². The zero-order chi connectivity index (χ0) is 12.0. The SMILES string of the molecule is C/C=C(N)\C=C(/CCC)C(=O)N1CCCC1. The van der Waals surface area contributed by atoms with Gasteiger partial charge in [-0.3, -0.25) is 4.79 Å². The summed E-state index contributed by atoms with van der Waals surface area (Å²) in [4.78, 5) is 14.1. The first-order valence-electron chi connectivity index (χ1n) is 6.10. The van der Waals surface area contributed by atoms with Gasteiger partial charge in [0.25, 0.3) is 0 Å². The van der Waals surface area contributed by atoms with Gasteiger partial charge in [0, 0.05) is 24.4 Å². The molecule has 0 atom stereocenters. The van der Waals surface area contributed by atoms with E-state index in [2.05, 4.69) is 6.92 Å². The largest absolute Gasteiger partial charge is 0.399 e. The van der Waals surface area contributed by atoms with Gasteiger partial charge in [-0.05, 0) is 32.3 Å². The van der Waals surface area contributed by atoms with Gasteiger partial charge in [-0.25, -0.2) is 0 Å². The second-order valence-corrected chi connectivity index (χ2v) is 4.21. The number of likely N-dealkylation sites (tertiary alicyclic amines) is 1. The number of carbonyl (C=O) groups is 1. The molecule has 1 aliphatic rings. The molecule has 0 spiro atoms. The minimum absolute atomic E-state index is 0.171. The van der Waals surface area contributed by atoms with Gasteiger partial charge in [-0.15, -0.1) is 0 Å². The summed E-state index contributed by atoms with van der Waals surface area (Å²) in [5.41, 5.74) is 7.28. The van der Waals surface area contributed by atoms with E-state index in [0.717, 1.165) is 44.3 Å². The highest BCUT2D eigenvalue weighted by molar-refractivity contribution is 5.94. The Labute approximate surface area is 98.0 Å². The second kappa shape index (κ2) is 6.36. The smallest absolute Gasteiger partial charge is 0.249 e. The summed E-state index contributed by atoms with van der Waals surface area (Å²) in [5, 5.41) is 0. The molecule has 0 radical (unpaired) electrons. The third kappa shape index (κ3) is 3.40. The zero-order valence-electron chi connectivity index (χ0n) is 10.3. The molecule has 3 heteroatoms. The molecule has 0 aromatic carbocycles. The highest BCUT2D eigenvalue weighted by atomic mass is 16.2. The fourth-order valence-corrected chi connectivity index (χ4v) is 1.92. The number of hydrogen-bond donors (Lipinski definition) is 1. The van der Waals surface area contributed by atoms with Crippen LogP contribution in [0.5, 0.6) is 0 Å². The van der Waals surface area contributed by atoms with Crippen LogP contribution in [0.2, 0.25) is 0 Å². The van der Waals surface area contributed by atoms with Gasteiger partial charge in [0.05, 0.1) is 0 Å². The summed E-state index contributed by atoms with van der Waals surface area (Å²) in [6.07, 6.45) is 7.69. The highest BCUT2D eigenvalue weighted by Gasteiger charge is 2.20. The number of allylic oxidation sites excluding steroid dienone is 2. The van der Waals surface area contributed by atoms with E-state index in [9.17, 15) is 4.79 Å². The normalized spacial score (nSPS) is 18.0. The van der Waals surface area contributed by atoms with Gasteiger partial charge in [-0.2, -0.15) is 0 Å². The fourth-order valence-electron chi connectivity index (χ4n) is 1.92. The highest BCUT2D eigenvalue weighted by Crippen LogP contribution is 2.16. The molecular weight excluding hydrogens is 200 g/mol. The van der Waals surface area contributed by atoms with Gasteiger partial charge in [-0.1, -0.05) is 19.4 Å². The lowest BCUT2D eigenvalue weighted by Gasteiger charge is -2.17. The van der Waals surface area contributed by atoms with E-state index in [4.69, 9.17) is 5.73 Å². The first-order valence-corrected chi connectivity index (χ1v) is 6.10. The van der Waals surface area contributed by atoms with E-state index in [0.29, 0.717) is 5.70 Å². The molecule has 1 amide bonds. The molecule has 3 nitrogen and oxygen atoms in total. The molecule has 0 aromatic heterocycles. The lowest BCUT2D eigenvalue weighted by atomic mass is 10.1. The van der Waals surface area contributed by atoms with E-state index in [1.54, 1.807) is 0 Å². The summed E-state index contributed by atoms with van der Waals surface area (Å²) in [6, 6.07) is 0. The first-order chi connectivity index (χ1) is 7.69. The van der Waals surface area contributed by atoms with Crippen molar-refractivity contribution in [1.82, 2.24) is 4.90 Å². The Kier molecular flexibility index (Phi) is 5.09. The predicted octanol–water partition coefficient (Wildman–Crippen LogP) is 2.20. The molecule has 1 saturated heterocycles. The average molecular weight is 222 g/mol. The summed E-state index contributed by atoms with van der Waals surface area (Å²) < 4.78 is 0.